The van der Waals surface area contributed by atoms with Gasteiger partial charge in [-0.15, -0.1) is 0 Å². The molecule has 1 atom stereocenters. The normalized spacial score (nSPS) is 16.9. The van der Waals surface area contributed by atoms with Crippen LogP contribution in [-0.2, 0) is 11.2 Å². The minimum atomic E-state index is -0.0254. The van der Waals surface area contributed by atoms with Gasteiger partial charge in [-0.2, -0.15) is 5.10 Å². The molecule has 1 aliphatic rings. The summed E-state index contributed by atoms with van der Waals surface area (Å²) in [4.78, 5) is 12.4. The second kappa shape index (κ2) is 6.35. The minimum absolute atomic E-state index is 0.00902. The van der Waals surface area contributed by atoms with E-state index in [1.54, 1.807) is 6.20 Å². The first-order valence-electron chi connectivity index (χ1n) is 8.23. The molecule has 3 aromatic rings. The molecule has 2 heterocycles. The number of carbonyl (C=O) groups is 1. The number of aromatic nitrogens is 2. The van der Waals surface area contributed by atoms with Crippen molar-refractivity contribution in [2.75, 3.05) is 6.61 Å². The average molecular weight is 321 g/mol. The molecule has 0 radical (unpaired) electrons. The number of nitrogens with zero attached hydrogens (tertiary/aromatic N) is 1. The second-order valence-electron chi connectivity index (χ2n) is 6.07. The third-order valence-electron chi connectivity index (χ3n) is 4.41. The van der Waals surface area contributed by atoms with Crippen LogP contribution in [-0.4, -0.2) is 22.7 Å². The van der Waals surface area contributed by atoms with Gasteiger partial charge in [-0.25, -0.2) is 0 Å². The smallest absolute Gasteiger partial charge is 0.226 e. The Morgan fingerprint density at radius 3 is 3.04 bits per heavy atom. The summed E-state index contributed by atoms with van der Waals surface area (Å²) in [5, 5.41) is 12.1. The van der Waals surface area contributed by atoms with Gasteiger partial charge in [0.2, 0.25) is 5.91 Å². The van der Waals surface area contributed by atoms with Crippen molar-refractivity contribution in [1.82, 2.24) is 15.5 Å². The number of rotatable bonds is 3. The molecule has 1 aliphatic heterocycles. The topological polar surface area (TPSA) is 67.0 Å². The van der Waals surface area contributed by atoms with Crippen molar-refractivity contribution in [2.24, 2.45) is 0 Å². The van der Waals surface area contributed by atoms with Gasteiger partial charge in [0.05, 0.1) is 19.1 Å². The van der Waals surface area contributed by atoms with Crippen LogP contribution in [0.4, 0.5) is 0 Å². The third-order valence-corrected chi connectivity index (χ3v) is 4.41. The molecule has 1 amide bonds. The Hall–Kier alpha value is -2.82. The lowest BCUT2D eigenvalue weighted by Gasteiger charge is -2.19. The van der Waals surface area contributed by atoms with E-state index >= 15 is 0 Å². The van der Waals surface area contributed by atoms with E-state index in [2.05, 4.69) is 39.8 Å². The molecule has 4 rings (SSSR count). The van der Waals surface area contributed by atoms with Crippen LogP contribution in [0.2, 0.25) is 0 Å². The van der Waals surface area contributed by atoms with Gasteiger partial charge in [-0.3, -0.25) is 9.89 Å². The van der Waals surface area contributed by atoms with E-state index in [4.69, 9.17) is 4.74 Å². The number of H-pyrrole nitrogens is 1. The summed E-state index contributed by atoms with van der Waals surface area (Å²) in [7, 11) is 0. The molecule has 24 heavy (non-hydrogen) atoms. The fraction of sp³-hybridized carbons (Fsp3) is 0.263. The molecule has 5 heteroatoms. The van der Waals surface area contributed by atoms with Gasteiger partial charge in [0.1, 0.15) is 5.75 Å². The highest BCUT2D eigenvalue weighted by atomic mass is 16.5. The van der Waals surface area contributed by atoms with Crippen molar-refractivity contribution in [3.63, 3.8) is 0 Å². The number of hydrogen-bond donors (Lipinski definition) is 2. The lowest BCUT2D eigenvalue weighted by Crippen LogP contribution is -2.29. The molecule has 0 saturated heterocycles. The lowest BCUT2D eigenvalue weighted by molar-refractivity contribution is -0.121. The van der Waals surface area contributed by atoms with Gasteiger partial charge in [0.15, 0.2) is 0 Å². The van der Waals surface area contributed by atoms with Crippen LogP contribution in [0.3, 0.4) is 0 Å². The van der Waals surface area contributed by atoms with Crippen molar-refractivity contribution in [2.45, 2.75) is 25.3 Å². The van der Waals surface area contributed by atoms with E-state index in [1.807, 2.05) is 18.2 Å². The average Bonchev–Trinajstić information content (AvgIpc) is 3.01. The number of ether oxygens (including phenoxy) is 1. The van der Waals surface area contributed by atoms with E-state index in [0.717, 1.165) is 40.6 Å². The van der Waals surface area contributed by atoms with Gasteiger partial charge >= 0.3 is 0 Å². The minimum Gasteiger partial charge on any atom is -0.493 e. The van der Waals surface area contributed by atoms with Gasteiger partial charge in [0, 0.05) is 22.8 Å². The molecule has 1 aromatic heterocycles. The summed E-state index contributed by atoms with van der Waals surface area (Å²) in [6.45, 7) is 0.675. The number of carbonyl (C=O) groups excluding carboxylic acids is 1. The fourth-order valence-electron chi connectivity index (χ4n) is 3.26. The van der Waals surface area contributed by atoms with E-state index in [0.29, 0.717) is 13.0 Å². The van der Waals surface area contributed by atoms with E-state index in [1.165, 1.54) is 0 Å². The first kappa shape index (κ1) is 14.8. The summed E-state index contributed by atoms with van der Waals surface area (Å²) in [5.41, 5.74) is 1.88. The Morgan fingerprint density at radius 1 is 1.25 bits per heavy atom. The van der Waals surface area contributed by atoms with Gasteiger partial charge in [0.25, 0.3) is 0 Å². The highest BCUT2D eigenvalue weighted by molar-refractivity contribution is 5.90. The van der Waals surface area contributed by atoms with Crippen LogP contribution in [0.5, 0.6) is 5.75 Å². The van der Waals surface area contributed by atoms with Crippen molar-refractivity contribution in [3.05, 3.63) is 59.9 Å². The number of aromatic amines is 1. The number of hydrogen-bond acceptors (Lipinski definition) is 3. The van der Waals surface area contributed by atoms with Crippen molar-refractivity contribution >= 4 is 16.7 Å². The summed E-state index contributed by atoms with van der Waals surface area (Å²) in [6, 6.07) is 14.1. The zero-order valence-electron chi connectivity index (χ0n) is 13.3. The molecule has 0 unspecified atom stereocenters. The number of nitrogens with one attached hydrogen (secondary N) is 2. The molecule has 5 nitrogen and oxygen atoms in total. The van der Waals surface area contributed by atoms with Crippen LogP contribution < -0.4 is 10.1 Å². The first-order valence-corrected chi connectivity index (χ1v) is 8.23. The number of amides is 1. The Kier molecular flexibility index (Phi) is 3.91. The largest absolute Gasteiger partial charge is 0.493 e. The van der Waals surface area contributed by atoms with Gasteiger partial charge in [-0.05, 0) is 24.3 Å². The molecule has 0 bridgehead atoms. The SMILES string of the molecule is O=C(Cc1ccn[nH]1)N[C@@H]1CCCOc2c1ccc1ccccc21. The molecule has 0 saturated carbocycles. The summed E-state index contributed by atoms with van der Waals surface area (Å²) < 4.78 is 6.01. The van der Waals surface area contributed by atoms with Gasteiger partial charge in [-0.1, -0.05) is 36.4 Å². The van der Waals surface area contributed by atoms with E-state index in [-0.39, 0.29) is 11.9 Å². The zero-order valence-corrected chi connectivity index (χ0v) is 13.3. The van der Waals surface area contributed by atoms with Gasteiger partial charge < -0.3 is 10.1 Å². The maximum Gasteiger partial charge on any atom is 0.226 e. The fourth-order valence-corrected chi connectivity index (χ4v) is 3.26. The highest BCUT2D eigenvalue weighted by Gasteiger charge is 2.23. The van der Waals surface area contributed by atoms with Crippen molar-refractivity contribution in [1.29, 1.82) is 0 Å². The van der Waals surface area contributed by atoms with Crippen molar-refractivity contribution in [3.8, 4) is 5.75 Å². The number of benzene rings is 2. The summed E-state index contributed by atoms with van der Waals surface area (Å²) in [6.07, 6.45) is 3.75. The standard InChI is InChI=1S/C19H19N3O2/c23-18(12-14-9-10-20-22-14)21-17-6-3-11-24-19-15-5-2-1-4-13(15)7-8-16(17)19/h1-2,4-5,7-10,17H,3,6,11-12H2,(H,20,22)(H,21,23)/t17-/m1/s1. The van der Waals surface area contributed by atoms with Crippen LogP contribution >= 0.6 is 0 Å². The highest BCUT2D eigenvalue weighted by Crippen LogP contribution is 2.37. The Balaban J connectivity index is 1.63. The van der Waals surface area contributed by atoms with Crippen LogP contribution in [0, 0.1) is 0 Å². The molecule has 2 N–H and O–H groups in total. The molecule has 0 aliphatic carbocycles. The quantitative estimate of drug-likeness (QED) is 0.779. The molecule has 0 fully saturated rings. The van der Waals surface area contributed by atoms with Crippen LogP contribution in [0.25, 0.3) is 10.8 Å². The molecule has 122 valence electrons. The predicted octanol–water partition coefficient (Wildman–Crippen LogP) is 3.14. The lowest BCUT2D eigenvalue weighted by atomic mass is 9.98. The van der Waals surface area contributed by atoms with Crippen molar-refractivity contribution < 1.29 is 9.53 Å². The maximum absolute atomic E-state index is 12.4. The Bertz CT molecular complexity index is 858. The second-order valence-corrected chi connectivity index (χ2v) is 6.07. The maximum atomic E-state index is 12.4. The molecular weight excluding hydrogens is 302 g/mol. The van der Waals surface area contributed by atoms with Crippen LogP contribution in [0.15, 0.2) is 48.7 Å². The molecule has 2 aromatic carbocycles. The Morgan fingerprint density at radius 2 is 2.17 bits per heavy atom. The first-order chi connectivity index (χ1) is 11.8. The molecular formula is C19H19N3O2. The third kappa shape index (κ3) is 2.85. The monoisotopic (exact) mass is 321 g/mol. The Labute approximate surface area is 140 Å². The van der Waals surface area contributed by atoms with Crippen LogP contribution in [0.1, 0.15) is 30.1 Å². The molecule has 0 spiro atoms. The zero-order chi connectivity index (χ0) is 16.4. The summed E-state index contributed by atoms with van der Waals surface area (Å²) >= 11 is 0. The summed E-state index contributed by atoms with van der Waals surface area (Å²) in [5.74, 6) is 0.891. The predicted molar refractivity (Wildman–Crippen MR) is 91.9 cm³/mol. The van der Waals surface area contributed by atoms with E-state index < -0.39 is 0 Å². The van der Waals surface area contributed by atoms with E-state index in [9.17, 15) is 4.79 Å². The number of fused-ring (bicyclic) bond motifs is 3.